The minimum Gasteiger partial charge on any atom is -0.507 e. The van der Waals surface area contributed by atoms with Crippen LogP contribution < -0.4 is 4.90 Å². The van der Waals surface area contributed by atoms with Crippen molar-refractivity contribution in [3.05, 3.63) is 88.4 Å². The van der Waals surface area contributed by atoms with Crippen LogP contribution in [0.5, 0.6) is 0 Å². The van der Waals surface area contributed by atoms with Crippen molar-refractivity contribution in [2.45, 2.75) is 26.8 Å². The molecule has 1 amide bonds. The number of hydrogen-bond donors (Lipinski definition) is 1. The summed E-state index contributed by atoms with van der Waals surface area (Å²) in [6.45, 7) is 5.90. The number of carbonyl (C=O) groups excluding carboxylic acids is 2. The van der Waals surface area contributed by atoms with Gasteiger partial charge in [0.1, 0.15) is 17.6 Å². The van der Waals surface area contributed by atoms with Crippen molar-refractivity contribution >= 4 is 44.1 Å². The fraction of sp³-hybridized carbons (Fsp3) is 0.160. The van der Waals surface area contributed by atoms with Gasteiger partial charge in [-0.25, -0.2) is 4.98 Å². The molecule has 2 aromatic carbocycles. The van der Waals surface area contributed by atoms with Crippen LogP contribution in [0.3, 0.4) is 0 Å². The van der Waals surface area contributed by atoms with Gasteiger partial charge in [-0.2, -0.15) is 0 Å². The first-order valence-electron chi connectivity index (χ1n) is 10.1. The highest BCUT2D eigenvalue weighted by molar-refractivity contribution is 7.22. The number of fused-ring (bicyclic) bond motifs is 1. The summed E-state index contributed by atoms with van der Waals surface area (Å²) in [5.41, 5.74) is 4.34. The van der Waals surface area contributed by atoms with Crippen molar-refractivity contribution in [1.82, 2.24) is 4.98 Å². The van der Waals surface area contributed by atoms with Crippen molar-refractivity contribution in [3.8, 4) is 0 Å². The molecule has 1 N–H and O–H groups in total. The van der Waals surface area contributed by atoms with E-state index in [0.717, 1.165) is 26.9 Å². The van der Waals surface area contributed by atoms with Gasteiger partial charge in [-0.15, -0.1) is 0 Å². The smallest absolute Gasteiger partial charge is 0.302 e. The molecule has 3 heterocycles. The molecule has 1 fully saturated rings. The van der Waals surface area contributed by atoms with E-state index in [0.29, 0.717) is 16.5 Å². The topological polar surface area (TPSA) is 83.6 Å². The van der Waals surface area contributed by atoms with Gasteiger partial charge in [-0.05, 0) is 50.1 Å². The highest BCUT2D eigenvalue weighted by Crippen LogP contribution is 2.44. The van der Waals surface area contributed by atoms with Crippen LogP contribution in [0, 0.1) is 20.8 Å². The summed E-state index contributed by atoms with van der Waals surface area (Å²) < 4.78 is 6.53. The predicted octanol–water partition coefficient (Wildman–Crippen LogP) is 5.44. The van der Waals surface area contributed by atoms with Gasteiger partial charge in [0.25, 0.3) is 5.78 Å². The number of rotatable bonds is 3. The van der Waals surface area contributed by atoms with Crippen molar-refractivity contribution in [2.75, 3.05) is 4.90 Å². The van der Waals surface area contributed by atoms with Crippen LogP contribution in [0.4, 0.5) is 5.13 Å². The second-order valence-corrected chi connectivity index (χ2v) is 8.98. The summed E-state index contributed by atoms with van der Waals surface area (Å²) in [6, 6.07) is 13.6. The second-order valence-electron chi connectivity index (χ2n) is 7.98. The van der Waals surface area contributed by atoms with E-state index in [-0.39, 0.29) is 11.3 Å². The lowest BCUT2D eigenvalue weighted by molar-refractivity contribution is -0.132. The quantitative estimate of drug-likeness (QED) is 0.258. The number of aliphatic hydroxyl groups excluding tert-OH is 1. The van der Waals surface area contributed by atoms with Crippen LogP contribution in [0.1, 0.15) is 34.1 Å². The van der Waals surface area contributed by atoms with Crippen molar-refractivity contribution in [1.29, 1.82) is 0 Å². The zero-order valence-electron chi connectivity index (χ0n) is 17.7. The molecular weight excluding hydrogens is 424 g/mol. The summed E-state index contributed by atoms with van der Waals surface area (Å²) in [5, 5.41) is 11.5. The van der Waals surface area contributed by atoms with E-state index in [1.807, 2.05) is 45.0 Å². The fourth-order valence-electron chi connectivity index (χ4n) is 4.07. The lowest BCUT2D eigenvalue weighted by Gasteiger charge is -2.20. The Bertz CT molecular complexity index is 1400. The van der Waals surface area contributed by atoms with Crippen molar-refractivity contribution in [2.24, 2.45) is 0 Å². The molecule has 1 atom stereocenters. The van der Waals surface area contributed by atoms with Gasteiger partial charge in [0.15, 0.2) is 5.13 Å². The SMILES string of the molecule is Cc1ccc(C(O)=C2C(=O)C(=O)N(c3nc4c(C)cc(C)cc4s3)C2c2ccco2)cc1. The molecule has 6 nitrogen and oxygen atoms in total. The van der Waals surface area contributed by atoms with Gasteiger partial charge in [0, 0.05) is 5.56 Å². The summed E-state index contributed by atoms with van der Waals surface area (Å²) in [7, 11) is 0. The number of nitrogens with zero attached hydrogens (tertiary/aromatic N) is 2. The van der Waals surface area contributed by atoms with E-state index >= 15 is 0 Å². The van der Waals surface area contributed by atoms with E-state index in [1.165, 1.54) is 22.5 Å². The average molecular weight is 445 g/mol. The first-order valence-corrected chi connectivity index (χ1v) is 11.0. The molecule has 7 heteroatoms. The Morgan fingerprint density at radius 3 is 2.50 bits per heavy atom. The lowest BCUT2D eigenvalue weighted by atomic mass is 9.99. The van der Waals surface area contributed by atoms with E-state index < -0.39 is 17.7 Å². The maximum absolute atomic E-state index is 13.2. The van der Waals surface area contributed by atoms with Gasteiger partial charge in [-0.1, -0.05) is 47.2 Å². The molecule has 0 aliphatic carbocycles. The van der Waals surface area contributed by atoms with Crippen molar-refractivity contribution in [3.63, 3.8) is 0 Å². The number of aromatic nitrogens is 1. The van der Waals surface area contributed by atoms with E-state index in [4.69, 9.17) is 4.42 Å². The minimum atomic E-state index is -0.909. The Balaban J connectivity index is 1.72. The maximum Gasteiger partial charge on any atom is 0.302 e. The first kappa shape index (κ1) is 20.2. The minimum absolute atomic E-state index is 0.0130. The molecule has 1 aliphatic rings. The fourth-order valence-corrected chi connectivity index (χ4v) is 5.24. The summed E-state index contributed by atoms with van der Waals surface area (Å²) in [6.07, 6.45) is 1.48. The number of carbonyl (C=O) groups is 2. The number of hydrogen-bond acceptors (Lipinski definition) is 6. The highest BCUT2D eigenvalue weighted by Gasteiger charge is 2.49. The summed E-state index contributed by atoms with van der Waals surface area (Å²) >= 11 is 1.34. The number of thiazole rings is 1. The Morgan fingerprint density at radius 2 is 1.81 bits per heavy atom. The molecular formula is C25H20N2O4S. The Hall–Kier alpha value is -3.71. The van der Waals surface area contributed by atoms with Crippen LogP contribution in [-0.4, -0.2) is 21.8 Å². The number of Topliss-reactive ketones (excluding diaryl/α,β-unsaturated/α-hetero) is 1. The normalized spacial score (nSPS) is 18.1. The lowest BCUT2D eigenvalue weighted by Crippen LogP contribution is -2.29. The predicted molar refractivity (Wildman–Crippen MR) is 124 cm³/mol. The van der Waals surface area contributed by atoms with E-state index in [1.54, 1.807) is 24.3 Å². The van der Waals surface area contributed by atoms with Crippen LogP contribution in [0.2, 0.25) is 0 Å². The Kier molecular flexibility index (Phi) is 4.71. The van der Waals surface area contributed by atoms with Crippen molar-refractivity contribution < 1.29 is 19.1 Å². The van der Waals surface area contributed by atoms with Gasteiger partial charge < -0.3 is 9.52 Å². The molecule has 0 saturated carbocycles. The van der Waals surface area contributed by atoms with Crippen LogP contribution in [-0.2, 0) is 9.59 Å². The third-order valence-corrected chi connectivity index (χ3v) is 6.61. The Labute approximate surface area is 188 Å². The molecule has 1 unspecified atom stereocenters. The summed E-state index contributed by atoms with van der Waals surface area (Å²) in [4.78, 5) is 32.4. The molecule has 0 bridgehead atoms. The molecule has 1 aliphatic heterocycles. The maximum atomic E-state index is 13.2. The number of furan rings is 1. The summed E-state index contributed by atoms with van der Waals surface area (Å²) in [5.74, 6) is -1.37. The largest absolute Gasteiger partial charge is 0.507 e. The highest BCUT2D eigenvalue weighted by atomic mass is 32.1. The zero-order chi connectivity index (χ0) is 22.6. The Morgan fingerprint density at radius 1 is 1.06 bits per heavy atom. The van der Waals surface area contributed by atoms with E-state index in [2.05, 4.69) is 4.98 Å². The average Bonchev–Trinajstić information content (AvgIpc) is 3.47. The second kappa shape index (κ2) is 7.46. The molecule has 160 valence electrons. The molecule has 1 saturated heterocycles. The number of aryl methyl sites for hydroxylation is 3. The standard InChI is InChI=1S/C25H20N2O4S/c1-13-6-8-16(9-7-13)22(28)19-21(17-5-4-10-31-17)27(24(30)23(19)29)25-26-20-15(3)11-14(2)12-18(20)32-25/h4-12,21,28H,1-3H3. The number of ketones is 1. The van der Waals surface area contributed by atoms with Crippen LogP contribution in [0.25, 0.3) is 16.0 Å². The molecule has 5 rings (SSSR count). The van der Waals surface area contributed by atoms with Gasteiger partial charge in [0.2, 0.25) is 0 Å². The molecule has 0 spiro atoms. The molecule has 0 radical (unpaired) electrons. The number of anilines is 1. The van der Waals surface area contributed by atoms with Gasteiger partial charge >= 0.3 is 5.91 Å². The molecule has 2 aromatic heterocycles. The number of benzene rings is 2. The van der Waals surface area contributed by atoms with Crippen LogP contribution in [0.15, 0.2) is 64.8 Å². The zero-order valence-corrected chi connectivity index (χ0v) is 18.6. The first-order chi connectivity index (χ1) is 15.3. The van der Waals surface area contributed by atoms with Gasteiger partial charge in [-0.3, -0.25) is 14.5 Å². The van der Waals surface area contributed by atoms with E-state index in [9.17, 15) is 14.7 Å². The van der Waals surface area contributed by atoms with Crippen LogP contribution >= 0.6 is 11.3 Å². The van der Waals surface area contributed by atoms with Gasteiger partial charge in [0.05, 0.1) is 22.1 Å². The third kappa shape index (κ3) is 3.13. The molecule has 32 heavy (non-hydrogen) atoms. The third-order valence-electron chi connectivity index (χ3n) is 5.61. The monoisotopic (exact) mass is 444 g/mol. The number of amides is 1. The molecule has 4 aromatic rings. The number of aliphatic hydroxyl groups is 1.